The topological polar surface area (TPSA) is 60.4 Å². The Morgan fingerprint density at radius 2 is 1.78 bits per heavy atom. The lowest BCUT2D eigenvalue weighted by molar-refractivity contribution is 0.104. The van der Waals surface area contributed by atoms with Gasteiger partial charge in [-0.3, -0.25) is 4.79 Å². The molecule has 0 radical (unpaired) electrons. The Kier molecular flexibility index (Phi) is 4.95. The first-order valence-corrected chi connectivity index (χ1v) is 8.56. The van der Waals surface area contributed by atoms with E-state index < -0.39 is 9.84 Å². The van der Waals surface area contributed by atoms with Gasteiger partial charge in [0, 0.05) is 11.8 Å². The molecule has 4 nitrogen and oxygen atoms in total. The molecule has 0 aliphatic carbocycles. The second-order valence-corrected chi connectivity index (χ2v) is 6.87. The van der Waals surface area contributed by atoms with Gasteiger partial charge in [0.2, 0.25) is 0 Å². The van der Waals surface area contributed by atoms with Crippen LogP contribution in [0.5, 0.6) is 5.75 Å². The number of carbonyl (C=O) groups excluding carboxylic acids is 1. The monoisotopic (exact) mass is 334 g/mol. The molecule has 0 amide bonds. The zero-order chi connectivity index (χ0) is 17.0. The first-order valence-electron chi connectivity index (χ1n) is 6.67. The molecule has 0 fully saturated rings. The summed E-state index contributed by atoms with van der Waals surface area (Å²) in [5.74, 6) is -0.546. The molecule has 2 aromatic rings. The number of sulfone groups is 1. The number of hydrogen-bond donors (Lipinski definition) is 0. The van der Waals surface area contributed by atoms with E-state index in [4.69, 9.17) is 4.74 Å². The predicted octanol–water partition coefficient (Wildman–Crippen LogP) is 3.13. The van der Waals surface area contributed by atoms with E-state index >= 15 is 0 Å². The number of halogens is 1. The number of ketones is 1. The molecule has 0 bridgehead atoms. The molecule has 0 N–H and O–H groups in total. The van der Waals surface area contributed by atoms with Crippen LogP contribution in [0.3, 0.4) is 0 Å². The van der Waals surface area contributed by atoms with Crippen LogP contribution in [0.4, 0.5) is 4.39 Å². The molecule has 0 aromatic heterocycles. The van der Waals surface area contributed by atoms with Crippen molar-refractivity contribution < 1.29 is 22.3 Å². The Morgan fingerprint density at radius 1 is 1.13 bits per heavy atom. The highest BCUT2D eigenvalue weighted by Crippen LogP contribution is 2.25. The molecule has 0 unspecified atom stereocenters. The first kappa shape index (κ1) is 16.9. The van der Waals surface area contributed by atoms with E-state index in [1.54, 1.807) is 18.2 Å². The number of ether oxygens (including phenoxy) is 1. The minimum Gasteiger partial charge on any atom is -0.495 e. The van der Waals surface area contributed by atoms with Gasteiger partial charge >= 0.3 is 0 Å². The highest BCUT2D eigenvalue weighted by Gasteiger charge is 2.16. The smallest absolute Gasteiger partial charge is 0.185 e. The second kappa shape index (κ2) is 6.75. The maximum absolute atomic E-state index is 12.8. The Bertz CT molecular complexity index is 853. The Balaban J connectivity index is 2.28. The zero-order valence-corrected chi connectivity index (χ0v) is 13.4. The molecule has 0 saturated carbocycles. The molecule has 0 heterocycles. The van der Waals surface area contributed by atoms with E-state index in [2.05, 4.69) is 0 Å². The van der Waals surface area contributed by atoms with Gasteiger partial charge in [0.25, 0.3) is 0 Å². The van der Waals surface area contributed by atoms with E-state index in [1.165, 1.54) is 43.5 Å². The average Bonchev–Trinajstić information content (AvgIpc) is 2.52. The maximum Gasteiger partial charge on any atom is 0.185 e. The first-order chi connectivity index (χ1) is 10.8. The van der Waals surface area contributed by atoms with Crippen LogP contribution in [-0.2, 0) is 9.84 Å². The van der Waals surface area contributed by atoms with Gasteiger partial charge in [-0.1, -0.05) is 18.2 Å². The van der Waals surface area contributed by atoms with Crippen LogP contribution in [0.25, 0.3) is 6.08 Å². The Morgan fingerprint density at radius 3 is 2.35 bits per heavy atom. The van der Waals surface area contributed by atoms with Gasteiger partial charge in [0.1, 0.15) is 16.5 Å². The molecular weight excluding hydrogens is 319 g/mol. The Hall–Kier alpha value is -2.47. The molecule has 2 aromatic carbocycles. The van der Waals surface area contributed by atoms with Crippen LogP contribution < -0.4 is 4.74 Å². The third kappa shape index (κ3) is 4.26. The molecule has 0 spiro atoms. The highest BCUT2D eigenvalue weighted by molar-refractivity contribution is 7.90. The van der Waals surface area contributed by atoms with Crippen LogP contribution in [0.1, 0.15) is 15.9 Å². The summed E-state index contributed by atoms with van der Waals surface area (Å²) in [7, 11) is -2.10. The number of hydrogen-bond acceptors (Lipinski definition) is 4. The number of rotatable bonds is 5. The fraction of sp³-hybridized carbons (Fsp3) is 0.118. The van der Waals surface area contributed by atoms with Gasteiger partial charge in [0.05, 0.1) is 7.11 Å². The van der Waals surface area contributed by atoms with E-state index in [1.807, 2.05) is 0 Å². The molecule has 120 valence electrons. The van der Waals surface area contributed by atoms with Crippen molar-refractivity contribution in [1.29, 1.82) is 0 Å². The van der Waals surface area contributed by atoms with Gasteiger partial charge in [-0.15, -0.1) is 0 Å². The van der Waals surface area contributed by atoms with E-state index in [0.29, 0.717) is 11.1 Å². The lowest BCUT2D eigenvalue weighted by Gasteiger charge is -2.07. The SMILES string of the molecule is COc1cc(C(=O)/C=C\c2ccc(F)cc2)ccc1S(C)(=O)=O. The number of benzene rings is 2. The van der Waals surface area contributed by atoms with Crippen molar-refractivity contribution in [2.75, 3.05) is 13.4 Å². The normalized spacial score (nSPS) is 11.6. The largest absolute Gasteiger partial charge is 0.495 e. The summed E-state index contributed by atoms with van der Waals surface area (Å²) in [5, 5.41) is 0. The van der Waals surface area contributed by atoms with Gasteiger partial charge in [-0.25, -0.2) is 12.8 Å². The summed E-state index contributed by atoms with van der Waals surface area (Å²) in [6.45, 7) is 0. The van der Waals surface area contributed by atoms with Crippen LogP contribution >= 0.6 is 0 Å². The predicted molar refractivity (Wildman–Crippen MR) is 85.9 cm³/mol. The summed E-state index contributed by atoms with van der Waals surface area (Å²) in [6, 6.07) is 9.85. The van der Waals surface area contributed by atoms with Crippen molar-refractivity contribution in [2.24, 2.45) is 0 Å². The molecule has 23 heavy (non-hydrogen) atoms. The van der Waals surface area contributed by atoms with Gasteiger partial charge in [0.15, 0.2) is 15.6 Å². The zero-order valence-electron chi connectivity index (χ0n) is 12.6. The number of carbonyl (C=O) groups is 1. The lowest BCUT2D eigenvalue weighted by atomic mass is 10.1. The average molecular weight is 334 g/mol. The van der Waals surface area contributed by atoms with E-state index in [9.17, 15) is 17.6 Å². The van der Waals surface area contributed by atoms with Gasteiger partial charge in [-0.05, 0) is 42.0 Å². The molecule has 0 saturated heterocycles. The van der Waals surface area contributed by atoms with Gasteiger partial charge < -0.3 is 4.74 Å². The van der Waals surface area contributed by atoms with E-state index in [-0.39, 0.29) is 22.2 Å². The molecule has 0 aliphatic heterocycles. The molecule has 0 aliphatic rings. The Labute approximate surface area is 134 Å². The molecule has 2 rings (SSSR count). The fourth-order valence-corrected chi connectivity index (χ4v) is 2.79. The highest BCUT2D eigenvalue weighted by atomic mass is 32.2. The summed E-state index contributed by atoms with van der Waals surface area (Å²) in [4.78, 5) is 12.2. The van der Waals surface area contributed by atoms with Crippen molar-refractivity contribution >= 4 is 21.7 Å². The quantitative estimate of drug-likeness (QED) is 0.622. The van der Waals surface area contributed by atoms with Crippen molar-refractivity contribution in [3.8, 4) is 5.75 Å². The molecule has 0 atom stereocenters. The summed E-state index contributed by atoms with van der Waals surface area (Å²) in [5.41, 5.74) is 0.979. The maximum atomic E-state index is 12.8. The number of allylic oxidation sites excluding steroid dienone is 1. The lowest BCUT2D eigenvalue weighted by Crippen LogP contribution is -2.03. The minimum atomic E-state index is -3.44. The number of methoxy groups -OCH3 is 1. The van der Waals surface area contributed by atoms with Crippen molar-refractivity contribution in [1.82, 2.24) is 0 Å². The van der Waals surface area contributed by atoms with E-state index in [0.717, 1.165) is 6.26 Å². The van der Waals surface area contributed by atoms with Crippen LogP contribution in [-0.4, -0.2) is 27.6 Å². The second-order valence-electron chi connectivity index (χ2n) is 4.89. The summed E-state index contributed by atoms with van der Waals surface area (Å²) in [6.07, 6.45) is 3.96. The van der Waals surface area contributed by atoms with Crippen molar-refractivity contribution in [3.63, 3.8) is 0 Å². The third-order valence-corrected chi connectivity index (χ3v) is 4.28. The minimum absolute atomic E-state index is 0.0269. The molecule has 6 heteroatoms. The standard InChI is InChI=1S/C17H15FO4S/c1-22-16-11-13(6-10-17(16)23(2,20)21)15(19)9-5-12-3-7-14(18)8-4-12/h3-11H,1-2H3/b9-5-. The van der Waals surface area contributed by atoms with Crippen LogP contribution in [0, 0.1) is 5.82 Å². The van der Waals surface area contributed by atoms with Crippen molar-refractivity contribution in [2.45, 2.75) is 4.90 Å². The van der Waals surface area contributed by atoms with Gasteiger partial charge in [-0.2, -0.15) is 0 Å². The summed E-state index contributed by atoms with van der Waals surface area (Å²) >= 11 is 0. The van der Waals surface area contributed by atoms with Crippen molar-refractivity contribution in [3.05, 3.63) is 65.5 Å². The summed E-state index contributed by atoms with van der Waals surface area (Å²) < 4.78 is 41.1. The van der Waals surface area contributed by atoms with Crippen LogP contribution in [0.15, 0.2) is 53.4 Å². The fourth-order valence-electron chi connectivity index (χ4n) is 1.97. The molecular formula is C17H15FO4S. The van der Waals surface area contributed by atoms with Crippen LogP contribution in [0.2, 0.25) is 0 Å². The third-order valence-electron chi connectivity index (χ3n) is 3.14.